The molecule has 0 aliphatic carbocycles. The second-order valence-electron chi connectivity index (χ2n) is 11.8. The summed E-state index contributed by atoms with van der Waals surface area (Å²) >= 11 is 1.60. The number of aryl methyl sites for hydroxylation is 2. The maximum absolute atomic E-state index is 14.7. The number of anilines is 2. The number of para-hydroxylation sites is 1. The van der Waals surface area contributed by atoms with Crippen LogP contribution in [0.5, 0.6) is 0 Å². The quantitative estimate of drug-likeness (QED) is 0.414. The molecule has 0 radical (unpaired) electrons. The molecule has 2 aromatic rings. The van der Waals surface area contributed by atoms with E-state index < -0.39 is 27.4 Å². The number of unbranched alkanes of at least 4 members (excludes halogenated alkanes) is 1. The first-order valence-electron chi connectivity index (χ1n) is 14.4. The van der Waals surface area contributed by atoms with Gasteiger partial charge in [-0.3, -0.25) is 14.4 Å². The van der Waals surface area contributed by atoms with Gasteiger partial charge in [0.25, 0.3) is 5.91 Å². The van der Waals surface area contributed by atoms with E-state index in [0.29, 0.717) is 32.5 Å². The number of amides is 3. The summed E-state index contributed by atoms with van der Waals surface area (Å²) in [5.41, 5.74) is 3.70. The zero-order chi connectivity index (χ0) is 28.9. The number of aliphatic hydroxyl groups excluding tert-OH is 1. The molecule has 7 nitrogen and oxygen atoms in total. The van der Waals surface area contributed by atoms with Crippen LogP contribution in [-0.2, 0) is 14.4 Å². The zero-order valence-corrected chi connectivity index (χ0v) is 24.6. The van der Waals surface area contributed by atoms with Gasteiger partial charge in [0, 0.05) is 42.4 Å². The third-order valence-electron chi connectivity index (χ3n) is 9.09. The molecule has 2 saturated heterocycles. The molecular formula is C33H37N3O4S. The Morgan fingerprint density at radius 1 is 0.878 bits per heavy atom. The summed E-state index contributed by atoms with van der Waals surface area (Å²) in [5.74, 6) is -1.66. The molecule has 4 aliphatic rings. The van der Waals surface area contributed by atoms with Crippen molar-refractivity contribution in [1.82, 2.24) is 4.90 Å². The summed E-state index contributed by atoms with van der Waals surface area (Å²) in [4.78, 5) is 48.9. The Morgan fingerprint density at radius 3 is 2.37 bits per heavy atom. The average Bonchev–Trinajstić information content (AvgIpc) is 3.22. The van der Waals surface area contributed by atoms with Gasteiger partial charge in [-0.25, -0.2) is 0 Å². The highest BCUT2D eigenvalue weighted by Crippen LogP contribution is 2.65. The Morgan fingerprint density at radius 2 is 1.61 bits per heavy atom. The van der Waals surface area contributed by atoms with Gasteiger partial charge in [-0.2, -0.15) is 0 Å². The predicted molar refractivity (Wildman–Crippen MR) is 163 cm³/mol. The van der Waals surface area contributed by atoms with E-state index in [9.17, 15) is 19.5 Å². The summed E-state index contributed by atoms with van der Waals surface area (Å²) in [6, 6.07) is 14.9. The van der Waals surface area contributed by atoms with Crippen molar-refractivity contribution < 1.29 is 19.5 Å². The van der Waals surface area contributed by atoms with Gasteiger partial charge in [-0.05, 0) is 62.9 Å². The highest BCUT2D eigenvalue weighted by atomic mass is 32.2. The van der Waals surface area contributed by atoms with Crippen LogP contribution in [-0.4, -0.2) is 69.5 Å². The third-order valence-corrected chi connectivity index (χ3v) is 10.9. The molecule has 0 bridgehead atoms. The minimum Gasteiger partial charge on any atom is -0.396 e. The minimum atomic E-state index is -0.890. The van der Waals surface area contributed by atoms with E-state index in [2.05, 4.69) is 12.2 Å². The van der Waals surface area contributed by atoms with Crippen LogP contribution in [0, 0.1) is 25.7 Å². The Kier molecular flexibility index (Phi) is 7.10. The number of aliphatic hydroxyl groups is 1. The van der Waals surface area contributed by atoms with E-state index in [1.165, 1.54) is 0 Å². The number of thioether (sulfide) groups is 1. The van der Waals surface area contributed by atoms with Gasteiger partial charge in [-0.15, -0.1) is 11.8 Å². The molecule has 41 heavy (non-hydrogen) atoms. The molecule has 8 heteroatoms. The lowest BCUT2D eigenvalue weighted by Gasteiger charge is -2.37. The van der Waals surface area contributed by atoms with Gasteiger partial charge in [-0.1, -0.05) is 54.6 Å². The zero-order valence-electron chi connectivity index (χ0n) is 23.8. The Labute approximate surface area is 245 Å². The fourth-order valence-electron chi connectivity index (χ4n) is 7.22. The predicted octanol–water partition coefficient (Wildman–Crippen LogP) is 4.27. The van der Waals surface area contributed by atoms with Gasteiger partial charge in [0.15, 0.2) is 0 Å². The lowest BCUT2D eigenvalue weighted by atomic mass is 9.74. The Bertz CT molecular complexity index is 1440. The van der Waals surface area contributed by atoms with Crippen LogP contribution in [0.25, 0.3) is 0 Å². The topological polar surface area (TPSA) is 81.2 Å². The fraction of sp³-hybridized carbons (Fsp3) is 0.424. The smallest absolute Gasteiger partial charge is 0.251 e. The van der Waals surface area contributed by atoms with Crippen molar-refractivity contribution in [3.8, 4) is 0 Å². The van der Waals surface area contributed by atoms with Crippen molar-refractivity contribution in [2.45, 2.75) is 49.1 Å². The van der Waals surface area contributed by atoms with Crippen LogP contribution < -0.4 is 9.80 Å². The van der Waals surface area contributed by atoms with E-state index in [1.54, 1.807) is 26.5 Å². The van der Waals surface area contributed by atoms with Crippen molar-refractivity contribution in [2.75, 3.05) is 36.0 Å². The molecule has 0 aromatic heterocycles. The van der Waals surface area contributed by atoms with Gasteiger partial charge >= 0.3 is 0 Å². The molecule has 0 saturated carbocycles. The van der Waals surface area contributed by atoms with E-state index in [-0.39, 0.29) is 24.3 Å². The fourth-order valence-corrected chi connectivity index (χ4v) is 9.38. The molecule has 2 aromatic carbocycles. The molecule has 1 unspecified atom stereocenters. The summed E-state index contributed by atoms with van der Waals surface area (Å²) in [6.45, 7) is 7.27. The maximum atomic E-state index is 14.7. The summed E-state index contributed by atoms with van der Waals surface area (Å²) in [7, 11) is 0. The number of rotatable bonds is 6. The molecule has 5 atom stereocenters. The maximum Gasteiger partial charge on any atom is 0.251 e. The first-order chi connectivity index (χ1) is 19.7. The van der Waals surface area contributed by atoms with Crippen LogP contribution in [0.1, 0.15) is 30.9 Å². The van der Waals surface area contributed by atoms with Gasteiger partial charge < -0.3 is 19.8 Å². The van der Waals surface area contributed by atoms with Crippen molar-refractivity contribution in [1.29, 1.82) is 0 Å². The lowest BCUT2D eigenvalue weighted by Crippen LogP contribution is -2.53. The monoisotopic (exact) mass is 571 g/mol. The van der Waals surface area contributed by atoms with Crippen LogP contribution in [0.15, 0.2) is 72.8 Å². The number of hydrogen-bond donors (Lipinski definition) is 1. The molecule has 1 spiro atoms. The molecule has 4 heterocycles. The van der Waals surface area contributed by atoms with Crippen LogP contribution in [0.3, 0.4) is 0 Å². The highest BCUT2D eigenvalue weighted by molar-refractivity contribution is 8.02. The Balaban J connectivity index is 1.47. The molecule has 1 N–H and O–H groups in total. The molecule has 4 aliphatic heterocycles. The standard InChI is InChI=1S/C33H37N3O4S/c1-22-13-14-23(2)25(21-22)35-19-10-16-33-27(30(39)36(17-7-8-20-37)28(33)31(35)40)26-29(38)34(24-11-5-4-6-12-24)18-9-15-32(26,3)41-33/h4-6,9-16,21,26-28,37H,7-8,17-20H2,1-3H3/t26-,27-,28?,32+,33-/m0/s1. The van der Waals surface area contributed by atoms with E-state index in [0.717, 1.165) is 22.5 Å². The van der Waals surface area contributed by atoms with Crippen LogP contribution in [0.2, 0.25) is 0 Å². The summed E-state index contributed by atoms with van der Waals surface area (Å²) < 4.78 is -1.55. The normalized spacial score (nSPS) is 30.8. The number of hydrogen-bond acceptors (Lipinski definition) is 5. The third kappa shape index (κ3) is 4.34. The number of benzene rings is 2. The van der Waals surface area contributed by atoms with Crippen LogP contribution in [0.4, 0.5) is 11.4 Å². The highest BCUT2D eigenvalue weighted by Gasteiger charge is 2.74. The lowest BCUT2D eigenvalue weighted by molar-refractivity contribution is -0.139. The van der Waals surface area contributed by atoms with Crippen LogP contribution >= 0.6 is 11.8 Å². The molecule has 3 amide bonds. The second kappa shape index (κ2) is 10.5. The first-order valence-corrected chi connectivity index (χ1v) is 15.3. The van der Waals surface area contributed by atoms with Crippen molar-refractivity contribution in [3.05, 3.63) is 84.0 Å². The summed E-state index contributed by atoms with van der Waals surface area (Å²) in [5, 5.41) is 9.48. The van der Waals surface area contributed by atoms with Crippen molar-refractivity contribution in [3.63, 3.8) is 0 Å². The Hall–Kier alpha value is -3.36. The van der Waals surface area contributed by atoms with E-state index in [1.807, 2.05) is 81.5 Å². The number of fused-ring (bicyclic) bond motifs is 2. The molecular weight excluding hydrogens is 534 g/mol. The molecule has 2 fully saturated rings. The van der Waals surface area contributed by atoms with Gasteiger partial charge in [0.2, 0.25) is 11.8 Å². The molecule has 214 valence electrons. The number of likely N-dealkylation sites (tertiary alicyclic amines) is 1. The minimum absolute atomic E-state index is 0.0223. The average molecular weight is 572 g/mol. The number of nitrogens with zero attached hydrogens (tertiary/aromatic N) is 3. The molecule has 6 rings (SSSR count). The van der Waals surface area contributed by atoms with Gasteiger partial charge in [0.1, 0.15) is 6.04 Å². The number of carbonyl (C=O) groups is 3. The SMILES string of the molecule is Cc1ccc(C)c(N2CC=C[C@]34S[C@]5(C)C=CCN(c6ccccc6)C(=O)[C@@H]5[C@H]3C(=O)N(CCCCO)C4C2=O)c1. The van der Waals surface area contributed by atoms with Gasteiger partial charge in [0.05, 0.1) is 16.6 Å². The number of carbonyl (C=O) groups excluding carboxylic acids is 3. The summed E-state index contributed by atoms with van der Waals surface area (Å²) in [6.07, 6.45) is 9.31. The van der Waals surface area contributed by atoms with E-state index >= 15 is 0 Å². The first kappa shape index (κ1) is 27.8. The second-order valence-corrected chi connectivity index (χ2v) is 13.6. The van der Waals surface area contributed by atoms with Crippen molar-refractivity contribution in [2.24, 2.45) is 11.8 Å². The largest absolute Gasteiger partial charge is 0.396 e. The van der Waals surface area contributed by atoms with Crippen molar-refractivity contribution >= 4 is 40.9 Å². The van der Waals surface area contributed by atoms with E-state index in [4.69, 9.17) is 0 Å².